The van der Waals surface area contributed by atoms with Crippen LogP contribution in [0.3, 0.4) is 0 Å². The lowest BCUT2D eigenvalue weighted by molar-refractivity contribution is -0.385. The molecule has 0 radical (unpaired) electrons. The molecule has 1 aromatic heterocycles. The van der Waals surface area contributed by atoms with Gasteiger partial charge < -0.3 is 10.1 Å². The van der Waals surface area contributed by atoms with Gasteiger partial charge in [-0.15, -0.1) is 0 Å². The van der Waals surface area contributed by atoms with Crippen LogP contribution in [0.4, 0.5) is 11.5 Å². The zero-order valence-electron chi connectivity index (χ0n) is 11.1. The Bertz CT molecular complexity index is 466. The van der Waals surface area contributed by atoms with Gasteiger partial charge in [0.05, 0.1) is 4.92 Å². The van der Waals surface area contributed by atoms with E-state index in [1.165, 1.54) is 12.7 Å². The van der Waals surface area contributed by atoms with E-state index in [-0.39, 0.29) is 23.5 Å². The maximum absolute atomic E-state index is 11.1. The fourth-order valence-corrected chi connectivity index (χ4v) is 2.40. The summed E-state index contributed by atoms with van der Waals surface area (Å²) in [5, 5.41) is 13.8. The highest BCUT2D eigenvalue weighted by molar-refractivity contribution is 5.60. The van der Waals surface area contributed by atoms with E-state index in [2.05, 4.69) is 22.2 Å². The fraction of sp³-hybridized carbons (Fsp3) is 0.667. The second kappa shape index (κ2) is 5.81. The van der Waals surface area contributed by atoms with Crippen molar-refractivity contribution < 1.29 is 9.66 Å². The van der Waals surface area contributed by atoms with Crippen LogP contribution in [0, 0.1) is 16.0 Å². The van der Waals surface area contributed by atoms with Gasteiger partial charge in [-0.05, 0) is 25.2 Å². The Hall–Kier alpha value is -1.92. The number of nitro groups is 1. The third kappa shape index (κ3) is 2.91. The number of hydrogen-bond donors (Lipinski definition) is 1. The topological polar surface area (TPSA) is 90.2 Å². The maximum Gasteiger partial charge on any atom is 0.372 e. The van der Waals surface area contributed by atoms with Crippen molar-refractivity contribution in [2.45, 2.75) is 38.7 Å². The third-order valence-electron chi connectivity index (χ3n) is 3.50. The molecule has 2 rings (SSSR count). The van der Waals surface area contributed by atoms with Crippen LogP contribution in [0.2, 0.25) is 0 Å². The minimum Gasteiger partial charge on any atom is -0.469 e. The van der Waals surface area contributed by atoms with Crippen LogP contribution in [-0.2, 0) is 0 Å². The van der Waals surface area contributed by atoms with Crippen LogP contribution in [0.25, 0.3) is 0 Å². The molecule has 1 N–H and O–H groups in total. The SMILES string of the molecule is CNc1ncnc(OC2CCCCC2C)c1[N+](=O)[O-]. The highest BCUT2D eigenvalue weighted by atomic mass is 16.6. The molecule has 0 bridgehead atoms. The zero-order chi connectivity index (χ0) is 13.8. The number of anilines is 1. The summed E-state index contributed by atoms with van der Waals surface area (Å²) in [6, 6.07) is 0. The fourth-order valence-electron chi connectivity index (χ4n) is 2.40. The minimum absolute atomic E-state index is 0.00736. The largest absolute Gasteiger partial charge is 0.469 e. The van der Waals surface area contributed by atoms with Crippen molar-refractivity contribution in [2.75, 3.05) is 12.4 Å². The van der Waals surface area contributed by atoms with Gasteiger partial charge in [0.25, 0.3) is 5.88 Å². The van der Waals surface area contributed by atoms with Crippen LogP contribution in [-0.4, -0.2) is 28.0 Å². The van der Waals surface area contributed by atoms with Gasteiger partial charge in [0.1, 0.15) is 12.4 Å². The average molecular weight is 266 g/mol. The Morgan fingerprint density at radius 2 is 2.16 bits per heavy atom. The molecule has 2 unspecified atom stereocenters. The number of hydrogen-bond acceptors (Lipinski definition) is 6. The quantitative estimate of drug-likeness (QED) is 0.664. The summed E-state index contributed by atoms with van der Waals surface area (Å²) in [4.78, 5) is 18.4. The Labute approximate surface area is 111 Å². The van der Waals surface area contributed by atoms with E-state index in [0.717, 1.165) is 19.3 Å². The van der Waals surface area contributed by atoms with Gasteiger partial charge in [-0.2, -0.15) is 4.98 Å². The van der Waals surface area contributed by atoms with Gasteiger partial charge in [-0.1, -0.05) is 13.3 Å². The third-order valence-corrected chi connectivity index (χ3v) is 3.50. The first-order valence-corrected chi connectivity index (χ1v) is 6.47. The first-order chi connectivity index (χ1) is 9.13. The van der Waals surface area contributed by atoms with E-state index in [0.29, 0.717) is 5.92 Å². The van der Waals surface area contributed by atoms with E-state index < -0.39 is 4.92 Å². The van der Waals surface area contributed by atoms with Crippen LogP contribution in [0.1, 0.15) is 32.6 Å². The zero-order valence-corrected chi connectivity index (χ0v) is 11.1. The van der Waals surface area contributed by atoms with Crippen LogP contribution >= 0.6 is 0 Å². The molecule has 0 aromatic carbocycles. The van der Waals surface area contributed by atoms with Crippen LogP contribution in [0.5, 0.6) is 5.88 Å². The maximum atomic E-state index is 11.1. The van der Waals surface area contributed by atoms with Crippen LogP contribution in [0.15, 0.2) is 6.33 Å². The van der Waals surface area contributed by atoms with E-state index in [4.69, 9.17) is 4.74 Å². The molecule has 7 nitrogen and oxygen atoms in total. The number of ether oxygens (including phenoxy) is 1. The van der Waals surface area contributed by atoms with Crippen molar-refractivity contribution in [1.82, 2.24) is 9.97 Å². The number of rotatable bonds is 4. The lowest BCUT2D eigenvalue weighted by Gasteiger charge is -2.28. The predicted molar refractivity (Wildman–Crippen MR) is 70.3 cm³/mol. The highest BCUT2D eigenvalue weighted by Gasteiger charge is 2.29. The van der Waals surface area contributed by atoms with E-state index >= 15 is 0 Å². The average Bonchev–Trinajstić information content (AvgIpc) is 2.40. The molecule has 19 heavy (non-hydrogen) atoms. The van der Waals surface area contributed by atoms with Crippen molar-refractivity contribution in [2.24, 2.45) is 5.92 Å². The van der Waals surface area contributed by atoms with Crippen molar-refractivity contribution in [3.05, 3.63) is 16.4 Å². The molecule has 1 aliphatic carbocycles. The van der Waals surface area contributed by atoms with Gasteiger partial charge in [-0.3, -0.25) is 10.1 Å². The molecule has 1 aliphatic rings. The lowest BCUT2D eigenvalue weighted by atomic mass is 9.88. The molecule has 1 saturated carbocycles. The molecule has 1 heterocycles. The Kier molecular flexibility index (Phi) is 4.13. The molecule has 0 saturated heterocycles. The summed E-state index contributed by atoms with van der Waals surface area (Å²) >= 11 is 0. The number of nitrogens with one attached hydrogen (secondary N) is 1. The van der Waals surface area contributed by atoms with Gasteiger partial charge in [-0.25, -0.2) is 4.98 Å². The van der Waals surface area contributed by atoms with Crippen molar-refractivity contribution in [1.29, 1.82) is 0 Å². The molecule has 104 valence electrons. The summed E-state index contributed by atoms with van der Waals surface area (Å²) in [7, 11) is 1.59. The smallest absolute Gasteiger partial charge is 0.372 e. The number of nitrogens with zero attached hydrogens (tertiary/aromatic N) is 3. The highest BCUT2D eigenvalue weighted by Crippen LogP contribution is 2.34. The van der Waals surface area contributed by atoms with Gasteiger partial charge in [0.15, 0.2) is 0 Å². The summed E-state index contributed by atoms with van der Waals surface area (Å²) in [6.45, 7) is 2.11. The van der Waals surface area contributed by atoms with Gasteiger partial charge in [0.2, 0.25) is 5.82 Å². The minimum atomic E-state index is -0.505. The van der Waals surface area contributed by atoms with Crippen molar-refractivity contribution in [3.63, 3.8) is 0 Å². The molecule has 1 aromatic rings. The first-order valence-electron chi connectivity index (χ1n) is 6.47. The van der Waals surface area contributed by atoms with Gasteiger partial charge >= 0.3 is 5.69 Å². The lowest BCUT2D eigenvalue weighted by Crippen LogP contribution is -2.29. The molecular formula is C12H18N4O3. The Morgan fingerprint density at radius 1 is 1.42 bits per heavy atom. The molecule has 1 fully saturated rings. The molecule has 0 spiro atoms. The normalized spacial score (nSPS) is 22.8. The second-order valence-electron chi connectivity index (χ2n) is 4.80. The summed E-state index contributed by atoms with van der Waals surface area (Å²) in [5.74, 6) is 0.628. The Morgan fingerprint density at radius 3 is 2.79 bits per heavy atom. The standard InChI is InChI=1S/C12H18N4O3/c1-8-5-3-4-6-9(8)19-12-10(16(17)18)11(13-2)14-7-15-12/h7-9H,3-6H2,1-2H3,(H,13,14,15). The van der Waals surface area contributed by atoms with Gasteiger partial charge in [0, 0.05) is 7.05 Å². The summed E-state index contributed by atoms with van der Waals surface area (Å²) < 4.78 is 5.77. The van der Waals surface area contributed by atoms with E-state index in [1.807, 2.05) is 0 Å². The monoisotopic (exact) mass is 266 g/mol. The number of aromatic nitrogens is 2. The van der Waals surface area contributed by atoms with Crippen molar-refractivity contribution in [3.8, 4) is 5.88 Å². The van der Waals surface area contributed by atoms with Crippen LogP contribution < -0.4 is 10.1 Å². The molecule has 2 atom stereocenters. The van der Waals surface area contributed by atoms with E-state index in [1.54, 1.807) is 7.05 Å². The first kappa shape index (κ1) is 13.5. The Balaban J connectivity index is 2.26. The van der Waals surface area contributed by atoms with Crippen molar-refractivity contribution >= 4 is 11.5 Å². The molecule has 0 aliphatic heterocycles. The predicted octanol–water partition coefficient (Wildman–Crippen LogP) is 2.38. The molecule has 7 heteroatoms. The summed E-state index contributed by atoms with van der Waals surface area (Å²) in [6.07, 6.45) is 5.55. The molecular weight excluding hydrogens is 248 g/mol. The molecule has 0 amide bonds. The second-order valence-corrected chi connectivity index (χ2v) is 4.80. The summed E-state index contributed by atoms with van der Waals surface area (Å²) in [5.41, 5.74) is -0.192. The van der Waals surface area contributed by atoms with E-state index in [9.17, 15) is 10.1 Å².